The summed E-state index contributed by atoms with van der Waals surface area (Å²) in [5.41, 5.74) is 5.83. The second kappa shape index (κ2) is 7.86. The van der Waals surface area contributed by atoms with Crippen LogP contribution in [-0.4, -0.2) is 30.1 Å². The molecule has 0 saturated heterocycles. The maximum Gasteiger partial charge on any atom is 0.270 e. The van der Waals surface area contributed by atoms with Gasteiger partial charge in [-0.25, -0.2) is 9.37 Å². The van der Waals surface area contributed by atoms with E-state index < -0.39 is 0 Å². The number of nitrogens with zero attached hydrogens (tertiary/aromatic N) is 1. The third-order valence-corrected chi connectivity index (χ3v) is 3.73. The van der Waals surface area contributed by atoms with Gasteiger partial charge in [0.25, 0.3) is 5.91 Å². The van der Waals surface area contributed by atoms with E-state index in [2.05, 4.69) is 10.3 Å². The SMILES string of the molecule is CC(CNC(=O)c1csc(CCN)n1)Oc1cccc(F)c1. The van der Waals surface area contributed by atoms with E-state index in [4.69, 9.17) is 10.5 Å². The van der Waals surface area contributed by atoms with E-state index in [1.165, 1.54) is 23.5 Å². The predicted octanol–water partition coefficient (Wildman–Crippen LogP) is 1.98. The molecule has 1 heterocycles. The van der Waals surface area contributed by atoms with E-state index in [1.54, 1.807) is 24.4 Å². The summed E-state index contributed by atoms with van der Waals surface area (Å²) in [6, 6.07) is 5.89. The summed E-state index contributed by atoms with van der Waals surface area (Å²) in [7, 11) is 0. The number of halogens is 1. The molecule has 1 amide bonds. The molecule has 0 aliphatic rings. The molecule has 0 aliphatic carbocycles. The number of thiazole rings is 1. The molecule has 1 unspecified atom stereocenters. The minimum absolute atomic E-state index is 0.255. The molecule has 0 saturated carbocycles. The largest absolute Gasteiger partial charge is 0.489 e. The molecule has 22 heavy (non-hydrogen) atoms. The number of hydrogen-bond donors (Lipinski definition) is 2. The summed E-state index contributed by atoms with van der Waals surface area (Å²) in [5, 5.41) is 5.30. The van der Waals surface area contributed by atoms with Crippen molar-refractivity contribution in [1.29, 1.82) is 0 Å². The van der Waals surface area contributed by atoms with Crippen molar-refractivity contribution in [3.63, 3.8) is 0 Å². The second-order valence-corrected chi connectivity index (χ2v) is 5.70. The van der Waals surface area contributed by atoms with E-state index in [9.17, 15) is 9.18 Å². The number of benzene rings is 1. The van der Waals surface area contributed by atoms with Crippen LogP contribution >= 0.6 is 11.3 Å². The zero-order valence-electron chi connectivity index (χ0n) is 12.2. The van der Waals surface area contributed by atoms with Crippen LogP contribution in [0.3, 0.4) is 0 Å². The van der Waals surface area contributed by atoms with Crippen LogP contribution in [0, 0.1) is 5.82 Å². The highest BCUT2D eigenvalue weighted by molar-refractivity contribution is 7.09. The molecular formula is C15H18FN3O2S. The lowest BCUT2D eigenvalue weighted by molar-refractivity contribution is 0.0927. The fourth-order valence-corrected chi connectivity index (χ4v) is 2.59. The first kappa shape index (κ1) is 16.4. The molecule has 0 spiro atoms. The lowest BCUT2D eigenvalue weighted by Gasteiger charge is -2.15. The van der Waals surface area contributed by atoms with Crippen LogP contribution < -0.4 is 15.8 Å². The summed E-state index contributed by atoms with van der Waals surface area (Å²) < 4.78 is 18.6. The number of hydrogen-bond acceptors (Lipinski definition) is 5. The number of aromatic nitrogens is 1. The Morgan fingerprint density at radius 1 is 1.55 bits per heavy atom. The molecule has 1 aromatic heterocycles. The first-order chi connectivity index (χ1) is 10.6. The quantitative estimate of drug-likeness (QED) is 0.817. The lowest BCUT2D eigenvalue weighted by atomic mass is 10.3. The molecule has 5 nitrogen and oxygen atoms in total. The third-order valence-electron chi connectivity index (χ3n) is 2.83. The minimum Gasteiger partial charge on any atom is -0.489 e. The predicted molar refractivity (Wildman–Crippen MR) is 83.7 cm³/mol. The molecule has 1 atom stereocenters. The summed E-state index contributed by atoms with van der Waals surface area (Å²) in [5.74, 6) is -0.182. The molecular weight excluding hydrogens is 305 g/mol. The maximum atomic E-state index is 13.1. The van der Waals surface area contributed by atoms with E-state index in [0.29, 0.717) is 31.0 Å². The van der Waals surface area contributed by atoms with E-state index in [0.717, 1.165) is 5.01 Å². The average Bonchev–Trinajstić information content (AvgIpc) is 2.94. The third kappa shape index (κ3) is 4.78. The van der Waals surface area contributed by atoms with Crippen LogP contribution in [-0.2, 0) is 6.42 Å². The van der Waals surface area contributed by atoms with Gasteiger partial charge in [-0.2, -0.15) is 0 Å². The molecule has 1 aromatic carbocycles. The van der Waals surface area contributed by atoms with Crippen molar-refractivity contribution in [2.75, 3.05) is 13.1 Å². The van der Waals surface area contributed by atoms with Gasteiger partial charge in [-0.1, -0.05) is 6.07 Å². The van der Waals surface area contributed by atoms with Gasteiger partial charge in [0.2, 0.25) is 0 Å². The fourth-order valence-electron chi connectivity index (χ4n) is 1.79. The van der Waals surface area contributed by atoms with Crippen molar-refractivity contribution in [3.05, 3.63) is 46.2 Å². The topological polar surface area (TPSA) is 77.2 Å². The molecule has 0 bridgehead atoms. The summed E-state index contributed by atoms with van der Waals surface area (Å²) in [4.78, 5) is 16.2. The van der Waals surface area contributed by atoms with Gasteiger partial charge in [0.15, 0.2) is 0 Å². The Morgan fingerprint density at radius 3 is 3.09 bits per heavy atom. The molecule has 3 N–H and O–H groups in total. The van der Waals surface area contributed by atoms with Gasteiger partial charge in [0.1, 0.15) is 23.4 Å². The fraction of sp³-hybridized carbons (Fsp3) is 0.333. The van der Waals surface area contributed by atoms with Crippen LogP contribution in [0.1, 0.15) is 22.4 Å². The first-order valence-electron chi connectivity index (χ1n) is 6.93. The van der Waals surface area contributed by atoms with Crippen molar-refractivity contribution in [1.82, 2.24) is 10.3 Å². The highest BCUT2D eigenvalue weighted by Crippen LogP contribution is 2.14. The highest BCUT2D eigenvalue weighted by atomic mass is 32.1. The second-order valence-electron chi connectivity index (χ2n) is 4.76. The summed E-state index contributed by atoms with van der Waals surface area (Å²) >= 11 is 1.42. The van der Waals surface area contributed by atoms with Gasteiger partial charge in [0, 0.05) is 17.9 Å². The number of rotatable bonds is 7. The van der Waals surface area contributed by atoms with Gasteiger partial charge in [-0.15, -0.1) is 11.3 Å². The van der Waals surface area contributed by atoms with Gasteiger partial charge in [-0.3, -0.25) is 4.79 Å². The van der Waals surface area contributed by atoms with Crippen LogP contribution in [0.5, 0.6) is 5.75 Å². The number of amides is 1. The van der Waals surface area contributed by atoms with Crippen molar-refractivity contribution in [2.24, 2.45) is 5.73 Å². The number of carbonyl (C=O) groups is 1. The molecule has 7 heteroatoms. The van der Waals surface area contributed by atoms with Crippen LogP contribution in [0.2, 0.25) is 0 Å². The van der Waals surface area contributed by atoms with Gasteiger partial charge in [0.05, 0.1) is 11.6 Å². The molecule has 0 fully saturated rings. The first-order valence-corrected chi connectivity index (χ1v) is 7.81. The highest BCUT2D eigenvalue weighted by Gasteiger charge is 2.12. The Balaban J connectivity index is 1.82. The molecule has 118 valence electrons. The monoisotopic (exact) mass is 323 g/mol. The van der Waals surface area contributed by atoms with Gasteiger partial charge >= 0.3 is 0 Å². The molecule has 0 aliphatic heterocycles. The smallest absolute Gasteiger partial charge is 0.270 e. The number of nitrogens with one attached hydrogen (secondary N) is 1. The van der Waals surface area contributed by atoms with E-state index in [-0.39, 0.29) is 17.8 Å². The zero-order chi connectivity index (χ0) is 15.9. The standard InChI is InChI=1S/C15H18FN3O2S/c1-10(21-12-4-2-3-11(16)7-12)8-18-15(20)13-9-22-14(19-13)5-6-17/h2-4,7,9-10H,5-6,8,17H2,1H3,(H,18,20). The van der Waals surface area contributed by atoms with Crippen LogP contribution in [0.15, 0.2) is 29.6 Å². The Kier molecular flexibility index (Phi) is 5.85. The van der Waals surface area contributed by atoms with Crippen molar-refractivity contribution in [2.45, 2.75) is 19.4 Å². The lowest BCUT2D eigenvalue weighted by Crippen LogP contribution is -2.33. The maximum absolute atomic E-state index is 13.1. The molecule has 2 aromatic rings. The van der Waals surface area contributed by atoms with Gasteiger partial charge < -0.3 is 15.8 Å². The minimum atomic E-state index is -0.358. The Bertz CT molecular complexity index is 633. The van der Waals surface area contributed by atoms with Gasteiger partial charge in [-0.05, 0) is 25.6 Å². The normalized spacial score (nSPS) is 12.0. The Morgan fingerprint density at radius 2 is 2.36 bits per heavy atom. The number of carbonyl (C=O) groups excluding carboxylic acids is 1. The zero-order valence-corrected chi connectivity index (χ0v) is 13.0. The van der Waals surface area contributed by atoms with E-state index in [1.807, 2.05) is 0 Å². The van der Waals surface area contributed by atoms with Crippen molar-refractivity contribution >= 4 is 17.2 Å². The molecule has 2 rings (SSSR count). The Hall–Kier alpha value is -1.99. The molecule has 0 radical (unpaired) electrons. The van der Waals surface area contributed by atoms with Crippen LogP contribution in [0.25, 0.3) is 0 Å². The summed E-state index contributed by atoms with van der Waals surface area (Å²) in [6.07, 6.45) is 0.379. The number of ether oxygens (including phenoxy) is 1. The van der Waals surface area contributed by atoms with E-state index >= 15 is 0 Å². The van der Waals surface area contributed by atoms with Crippen molar-refractivity contribution < 1.29 is 13.9 Å². The number of nitrogens with two attached hydrogens (primary N) is 1. The average molecular weight is 323 g/mol. The van der Waals surface area contributed by atoms with Crippen LogP contribution in [0.4, 0.5) is 4.39 Å². The Labute approximate surface area is 132 Å². The van der Waals surface area contributed by atoms with Crippen molar-refractivity contribution in [3.8, 4) is 5.75 Å². The summed E-state index contributed by atoms with van der Waals surface area (Å²) in [6.45, 7) is 2.61.